The van der Waals surface area contributed by atoms with Crippen LogP contribution >= 0.6 is 0 Å². The van der Waals surface area contributed by atoms with Crippen molar-refractivity contribution in [2.45, 2.75) is 25.1 Å². The molecular formula is C6H8FN3. The van der Waals surface area contributed by atoms with E-state index in [1.165, 1.54) is 0 Å². The Labute approximate surface area is 57.8 Å². The van der Waals surface area contributed by atoms with Crippen LogP contribution in [0.4, 0.5) is 4.39 Å². The molecule has 10 heavy (non-hydrogen) atoms. The highest BCUT2D eigenvalue weighted by Crippen LogP contribution is 2.33. The summed E-state index contributed by atoms with van der Waals surface area (Å²) in [6.07, 6.45) is 3.98. The van der Waals surface area contributed by atoms with Gasteiger partial charge in [0, 0.05) is 19.0 Å². The summed E-state index contributed by atoms with van der Waals surface area (Å²) < 4.78 is 14.0. The van der Waals surface area contributed by atoms with Gasteiger partial charge in [-0.15, -0.1) is 5.10 Å². The first-order valence-electron chi connectivity index (χ1n) is 3.36. The van der Waals surface area contributed by atoms with Gasteiger partial charge >= 0.3 is 0 Å². The standard InChI is InChI=1S/C6H8FN3/c7-5-3-6(4-5)10-2-1-8-9-10/h1-2,5-6H,3-4H2. The molecule has 1 saturated carbocycles. The Hall–Kier alpha value is -0.930. The summed E-state index contributed by atoms with van der Waals surface area (Å²) in [7, 11) is 0. The molecule has 0 radical (unpaired) electrons. The molecule has 0 amide bonds. The summed E-state index contributed by atoms with van der Waals surface area (Å²) in [5.41, 5.74) is 0. The van der Waals surface area contributed by atoms with Gasteiger partial charge in [-0.25, -0.2) is 9.07 Å². The Morgan fingerprint density at radius 2 is 2.30 bits per heavy atom. The molecule has 0 aromatic carbocycles. The van der Waals surface area contributed by atoms with Gasteiger partial charge in [-0.05, 0) is 0 Å². The van der Waals surface area contributed by atoms with Gasteiger partial charge in [-0.1, -0.05) is 5.21 Å². The maximum absolute atomic E-state index is 12.3. The van der Waals surface area contributed by atoms with E-state index in [9.17, 15) is 4.39 Å². The van der Waals surface area contributed by atoms with Gasteiger partial charge in [-0.2, -0.15) is 0 Å². The molecule has 0 aliphatic heterocycles. The van der Waals surface area contributed by atoms with Crippen LogP contribution in [0.2, 0.25) is 0 Å². The molecule has 0 bridgehead atoms. The molecule has 0 N–H and O–H groups in total. The summed E-state index contributed by atoms with van der Waals surface area (Å²) in [5.74, 6) is 0. The quantitative estimate of drug-likeness (QED) is 0.583. The minimum atomic E-state index is -0.616. The molecule has 0 unspecified atom stereocenters. The lowest BCUT2D eigenvalue weighted by molar-refractivity contribution is 0.126. The summed E-state index contributed by atoms with van der Waals surface area (Å²) in [4.78, 5) is 0. The summed E-state index contributed by atoms with van der Waals surface area (Å²) >= 11 is 0. The Morgan fingerprint density at radius 1 is 1.50 bits per heavy atom. The van der Waals surface area contributed by atoms with Crippen LogP contribution in [0, 0.1) is 0 Å². The van der Waals surface area contributed by atoms with Crippen LogP contribution in [0.1, 0.15) is 18.9 Å². The molecule has 1 aromatic heterocycles. The van der Waals surface area contributed by atoms with E-state index < -0.39 is 6.17 Å². The first-order chi connectivity index (χ1) is 4.86. The largest absolute Gasteiger partial charge is 0.249 e. The van der Waals surface area contributed by atoms with Crippen molar-refractivity contribution in [3.63, 3.8) is 0 Å². The third-order valence-electron chi connectivity index (χ3n) is 1.87. The number of hydrogen-bond acceptors (Lipinski definition) is 2. The number of halogens is 1. The second-order valence-electron chi connectivity index (χ2n) is 2.61. The predicted octanol–water partition coefficient (Wildman–Crippen LogP) is 0.951. The highest BCUT2D eigenvalue weighted by atomic mass is 19.1. The molecule has 0 spiro atoms. The monoisotopic (exact) mass is 141 g/mol. The average Bonchev–Trinajstić information content (AvgIpc) is 2.31. The van der Waals surface area contributed by atoms with Crippen molar-refractivity contribution in [3.05, 3.63) is 12.4 Å². The topological polar surface area (TPSA) is 30.7 Å². The van der Waals surface area contributed by atoms with Gasteiger partial charge in [0.15, 0.2) is 0 Å². The smallest absolute Gasteiger partial charge is 0.104 e. The van der Waals surface area contributed by atoms with Crippen LogP contribution in [-0.2, 0) is 0 Å². The zero-order valence-corrected chi connectivity index (χ0v) is 5.44. The van der Waals surface area contributed by atoms with E-state index in [-0.39, 0.29) is 6.04 Å². The molecule has 2 rings (SSSR count). The number of rotatable bonds is 1. The van der Waals surface area contributed by atoms with Gasteiger partial charge in [0.25, 0.3) is 0 Å². The van der Waals surface area contributed by atoms with Crippen LogP contribution < -0.4 is 0 Å². The molecule has 1 fully saturated rings. The summed E-state index contributed by atoms with van der Waals surface area (Å²) in [5, 5.41) is 7.41. The van der Waals surface area contributed by atoms with Crippen molar-refractivity contribution in [1.82, 2.24) is 15.0 Å². The fraction of sp³-hybridized carbons (Fsp3) is 0.667. The van der Waals surface area contributed by atoms with E-state index in [4.69, 9.17) is 0 Å². The van der Waals surface area contributed by atoms with Gasteiger partial charge in [-0.3, -0.25) is 0 Å². The average molecular weight is 141 g/mol. The zero-order chi connectivity index (χ0) is 6.97. The Kier molecular flexibility index (Phi) is 1.19. The lowest BCUT2D eigenvalue weighted by atomic mass is 9.91. The molecule has 1 aliphatic carbocycles. The molecule has 0 saturated heterocycles. The van der Waals surface area contributed by atoms with E-state index in [1.807, 2.05) is 0 Å². The van der Waals surface area contributed by atoms with Crippen LogP contribution in [0.15, 0.2) is 12.4 Å². The van der Waals surface area contributed by atoms with E-state index in [0.717, 1.165) is 0 Å². The van der Waals surface area contributed by atoms with Crippen LogP contribution in [0.25, 0.3) is 0 Å². The third kappa shape index (κ3) is 0.798. The van der Waals surface area contributed by atoms with Crippen LogP contribution in [0.5, 0.6) is 0 Å². The Bertz CT molecular complexity index is 203. The number of aromatic nitrogens is 3. The highest BCUT2D eigenvalue weighted by molar-refractivity contribution is 4.84. The lowest BCUT2D eigenvalue weighted by Gasteiger charge is -2.28. The van der Waals surface area contributed by atoms with E-state index in [0.29, 0.717) is 12.8 Å². The van der Waals surface area contributed by atoms with Crippen LogP contribution in [0.3, 0.4) is 0 Å². The molecular weight excluding hydrogens is 133 g/mol. The number of hydrogen-bond donors (Lipinski definition) is 0. The molecule has 1 aromatic rings. The third-order valence-corrected chi connectivity index (χ3v) is 1.87. The lowest BCUT2D eigenvalue weighted by Crippen LogP contribution is -2.28. The molecule has 0 atom stereocenters. The molecule has 3 nitrogen and oxygen atoms in total. The van der Waals surface area contributed by atoms with Gasteiger partial charge in [0.05, 0.1) is 12.2 Å². The predicted molar refractivity (Wildman–Crippen MR) is 33.2 cm³/mol. The van der Waals surface area contributed by atoms with Crippen molar-refractivity contribution < 1.29 is 4.39 Å². The molecule has 1 aliphatic rings. The van der Waals surface area contributed by atoms with E-state index >= 15 is 0 Å². The number of alkyl halides is 1. The zero-order valence-electron chi connectivity index (χ0n) is 5.44. The Balaban J connectivity index is 2.04. The van der Waals surface area contributed by atoms with Gasteiger partial charge < -0.3 is 0 Å². The number of nitrogens with zero attached hydrogens (tertiary/aromatic N) is 3. The SMILES string of the molecule is FC1CC(n2ccnn2)C1. The normalized spacial score (nSPS) is 31.7. The molecule has 54 valence electrons. The highest BCUT2D eigenvalue weighted by Gasteiger charge is 2.30. The van der Waals surface area contributed by atoms with E-state index in [1.54, 1.807) is 17.1 Å². The van der Waals surface area contributed by atoms with Gasteiger partial charge in [0.1, 0.15) is 6.17 Å². The first kappa shape index (κ1) is 5.82. The van der Waals surface area contributed by atoms with Crippen molar-refractivity contribution in [1.29, 1.82) is 0 Å². The fourth-order valence-electron chi connectivity index (χ4n) is 1.15. The van der Waals surface area contributed by atoms with Crippen LogP contribution in [-0.4, -0.2) is 21.2 Å². The van der Waals surface area contributed by atoms with Crippen molar-refractivity contribution >= 4 is 0 Å². The van der Waals surface area contributed by atoms with Crippen molar-refractivity contribution in [2.24, 2.45) is 0 Å². The first-order valence-corrected chi connectivity index (χ1v) is 3.36. The minimum absolute atomic E-state index is 0.262. The minimum Gasteiger partial charge on any atom is -0.249 e. The van der Waals surface area contributed by atoms with Crippen molar-refractivity contribution in [2.75, 3.05) is 0 Å². The fourth-order valence-corrected chi connectivity index (χ4v) is 1.15. The summed E-state index contributed by atoms with van der Waals surface area (Å²) in [6.45, 7) is 0. The summed E-state index contributed by atoms with van der Waals surface area (Å²) in [6, 6.07) is 0.262. The molecule has 4 heteroatoms. The van der Waals surface area contributed by atoms with E-state index in [2.05, 4.69) is 10.3 Å². The Morgan fingerprint density at radius 3 is 2.80 bits per heavy atom. The second-order valence-corrected chi connectivity index (χ2v) is 2.61. The van der Waals surface area contributed by atoms with Crippen molar-refractivity contribution in [3.8, 4) is 0 Å². The molecule has 1 heterocycles. The second kappa shape index (κ2) is 2.04. The maximum Gasteiger partial charge on any atom is 0.104 e. The maximum atomic E-state index is 12.3. The van der Waals surface area contributed by atoms with Gasteiger partial charge in [0.2, 0.25) is 0 Å².